The van der Waals surface area contributed by atoms with Gasteiger partial charge in [0.05, 0.1) is 5.71 Å². The summed E-state index contributed by atoms with van der Waals surface area (Å²) in [5.74, 6) is -1.33. The van der Waals surface area contributed by atoms with Gasteiger partial charge in [-0.25, -0.2) is 0 Å². The largest absolute Gasteiger partial charge is 0.481 e. The molecule has 2 aromatic carbocycles. The molecule has 0 saturated carbocycles. The zero-order valence-electron chi connectivity index (χ0n) is 19.7. The molecule has 0 radical (unpaired) electrons. The Morgan fingerprint density at radius 3 is 2.37 bits per heavy atom. The van der Waals surface area contributed by atoms with Crippen LogP contribution in [0.25, 0.3) is 0 Å². The minimum absolute atomic E-state index is 0.000889. The number of rotatable bonds is 10. The van der Waals surface area contributed by atoms with Crippen LogP contribution in [0.15, 0.2) is 70.7 Å². The Balaban J connectivity index is 1.87. The minimum Gasteiger partial charge on any atom is -0.481 e. The van der Waals surface area contributed by atoms with Crippen LogP contribution in [0.5, 0.6) is 0 Å². The maximum absolute atomic E-state index is 12.4. The standard InChI is InChI=1S/C27H29N3O5/c1-17-6-3-4-7-22(17)23(15-24(30-35)21-14-18(2)26(33)29-16-21)19-9-11-20(12-10-19)27(34)28-13-5-8-25(31)32/h3-4,6-7,9-12,14,16,23,35H,5,8,13,15H2,1-2H3,(H,28,34)(H,29,33)(H,31,32)/b30-24+. The molecule has 8 heteroatoms. The molecule has 1 unspecified atom stereocenters. The fourth-order valence-corrected chi connectivity index (χ4v) is 3.97. The molecule has 0 aliphatic heterocycles. The molecule has 0 fully saturated rings. The smallest absolute Gasteiger partial charge is 0.303 e. The Morgan fingerprint density at radius 2 is 1.74 bits per heavy atom. The Bertz CT molecular complexity index is 1280. The number of oxime groups is 1. The minimum atomic E-state index is -0.895. The number of carboxylic acid groups (broad SMARTS) is 1. The SMILES string of the molecule is Cc1ccccc1C(C/C(=N\O)c1c[nH]c(=O)c(C)c1)c1ccc(C(=O)NCCCC(=O)O)cc1. The van der Waals surface area contributed by atoms with Gasteiger partial charge in [-0.3, -0.25) is 14.4 Å². The molecule has 1 heterocycles. The van der Waals surface area contributed by atoms with E-state index in [4.69, 9.17) is 5.11 Å². The van der Waals surface area contributed by atoms with Crippen LogP contribution in [0.2, 0.25) is 0 Å². The maximum Gasteiger partial charge on any atom is 0.303 e. The third-order valence-corrected chi connectivity index (χ3v) is 5.93. The Morgan fingerprint density at radius 1 is 1.03 bits per heavy atom. The average molecular weight is 476 g/mol. The van der Waals surface area contributed by atoms with Gasteiger partial charge in [0.2, 0.25) is 0 Å². The molecule has 0 bridgehead atoms. The van der Waals surface area contributed by atoms with Crippen LogP contribution in [0.1, 0.15) is 63.4 Å². The van der Waals surface area contributed by atoms with E-state index in [9.17, 15) is 19.6 Å². The normalized spacial score (nSPS) is 12.2. The topological polar surface area (TPSA) is 132 Å². The first-order valence-corrected chi connectivity index (χ1v) is 11.4. The predicted molar refractivity (Wildman–Crippen MR) is 133 cm³/mol. The van der Waals surface area contributed by atoms with Gasteiger partial charge in [0.15, 0.2) is 0 Å². The quantitative estimate of drug-likeness (QED) is 0.152. The molecule has 1 aromatic heterocycles. The lowest BCUT2D eigenvalue weighted by molar-refractivity contribution is -0.137. The van der Waals surface area contributed by atoms with Crippen LogP contribution in [0, 0.1) is 13.8 Å². The van der Waals surface area contributed by atoms with Crippen molar-refractivity contribution in [1.29, 1.82) is 0 Å². The van der Waals surface area contributed by atoms with Crippen LogP contribution >= 0.6 is 0 Å². The van der Waals surface area contributed by atoms with Crippen LogP contribution in [-0.4, -0.2) is 39.4 Å². The highest BCUT2D eigenvalue weighted by molar-refractivity contribution is 6.01. The first-order valence-electron chi connectivity index (χ1n) is 11.4. The Kier molecular flexibility index (Phi) is 8.56. The van der Waals surface area contributed by atoms with Crippen molar-refractivity contribution in [3.05, 3.63) is 105 Å². The predicted octanol–water partition coefficient (Wildman–Crippen LogP) is 3.99. The van der Waals surface area contributed by atoms with Crippen molar-refractivity contribution in [2.45, 2.75) is 39.0 Å². The van der Waals surface area contributed by atoms with Crippen molar-refractivity contribution < 1.29 is 19.9 Å². The highest BCUT2D eigenvalue weighted by Gasteiger charge is 2.21. The number of nitrogens with zero attached hydrogens (tertiary/aromatic N) is 1. The van der Waals surface area contributed by atoms with Crippen LogP contribution in [0.3, 0.4) is 0 Å². The number of aryl methyl sites for hydroxylation is 2. The van der Waals surface area contributed by atoms with E-state index >= 15 is 0 Å². The van der Waals surface area contributed by atoms with Crippen molar-refractivity contribution in [3.63, 3.8) is 0 Å². The van der Waals surface area contributed by atoms with E-state index in [0.717, 1.165) is 16.7 Å². The van der Waals surface area contributed by atoms with E-state index in [1.54, 1.807) is 25.1 Å². The van der Waals surface area contributed by atoms with Gasteiger partial charge in [-0.2, -0.15) is 0 Å². The van der Waals surface area contributed by atoms with Crippen LogP contribution in [-0.2, 0) is 4.79 Å². The Labute approximate surface area is 203 Å². The molecule has 0 spiro atoms. The van der Waals surface area contributed by atoms with Crippen molar-refractivity contribution in [3.8, 4) is 0 Å². The number of pyridine rings is 1. The fourth-order valence-electron chi connectivity index (χ4n) is 3.97. The van der Waals surface area contributed by atoms with Crippen molar-refractivity contribution in [1.82, 2.24) is 10.3 Å². The van der Waals surface area contributed by atoms with Crippen molar-refractivity contribution in [2.75, 3.05) is 6.54 Å². The van der Waals surface area contributed by atoms with E-state index in [2.05, 4.69) is 15.5 Å². The number of aromatic nitrogens is 1. The Hall–Kier alpha value is -4.20. The molecular weight excluding hydrogens is 446 g/mol. The van der Waals surface area contributed by atoms with Gasteiger partial charge in [-0.15, -0.1) is 0 Å². The molecule has 4 N–H and O–H groups in total. The number of hydrogen-bond donors (Lipinski definition) is 4. The van der Waals surface area contributed by atoms with Gasteiger partial charge < -0.3 is 20.6 Å². The number of aromatic amines is 1. The zero-order chi connectivity index (χ0) is 25.4. The summed E-state index contributed by atoms with van der Waals surface area (Å²) in [6.07, 6.45) is 2.27. The molecule has 0 saturated heterocycles. The number of nitrogens with one attached hydrogen (secondary N) is 2. The molecular formula is C27H29N3O5. The first kappa shape index (κ1) is 25.4. The van der Waals surface area contributed by atoms with Crippen molar-refractivity contribution >= 4 is 17.6 Å². The lowest BCUT2D eigenvalue weighted by Crippen LogP contribution is -2.24. The van der Waals surface area contributed by atoms with Gasteiger partial charge in [-0.05, 0) is 55.2 Å². The summed E-state index contributed by atoms with van der Waals surface area (Å²) in [7, 11) is 0. The second-order valence-corrected chi connectivity index (χ2v) is 8.44. The summed E-state index contributed by atoms with van der Waals surface area (Å²) in [4.78, 5) is 37.5. The molecule has 182 valence electrons. The second kappa shape index (κ2) is 11.8. The number of amides is 1. The zero-order valence-corrected chi connectivity index (χ0v) is 19.7. The maximum atomic E-state index is 12.4. The molecule has 0 aliphatic rings. The number of aliphatic carboxylic acids is 1. The van der Waals surface area contributed by atoms with E-state index < -0.39 is 5.97 Å². The number of carbonyl (C=O) groups is 2. The van der Waals surface area contributed by atoms with Gasteiger partial charge in [0, 0.05) is 48.2 Å². The lowest BCUT2D eigenvalue weighted by atomic mass is 9.83. The summed E-state index contributed by atoms with van der Waals surface area (Å²) in [5, 5.41) is 24.8. The number of H-pyrrole nitrogens is 1. The highest BCUT2D eigenvalue weighted by atomic mass is 16.4. The molecule has 1 atom stereocenters. The number of benzene rings is 2. The average Bonchev–Trinajstić information content (AvgIpc) is 2.85. The molecule has 3 rings (SSSR count). The third kappa shape index (κ3) is 6.66. The molecule has 1 amide bonds. The lowest BCUT2D eigenvalue weighted by Gasteiger charge is -2.21. The van der Waals surface area contributed by atoms with Gasteiger partial charge >= 0.3 is 5.97 Å². The van der Waals surface area contributed by atoms with E-state index in [-0.39, 0.29) is 30.3 Å². The van der Waals surface area contributed by atoms with E-state index in [0.29, 0.717) is 35.2 Å². The number of hydrogen-bond acceptors (Lipinski definition) is 5. The monoisotopic (exact) mass is 475 g/mol. The molecule has 8 nitrogen and oxygen atoms in total. The molecule has 35 heavy (non-hydrogen) atoms. The van der Waals surface area contributed by atoms with Crippen LogP contribution in [0.4, 0.5) is 0 Å². The summed E-state index contributed by atoms with van der Waals surface area (Å²) >= 11 is 0. The van der Waals surface area contributed by atoms with Crippen LogP contribution < -0.4 is 10.9 Å². The van der Waals surface area contributed by atoms with E-state index in [1.807, 2.05) is 43.3 Å². The molecule has 3 aromatic rings. The van der Waals surface area contributed by atoms with Gasteiger partial charge in [0.25, 0.3) is 11.5 Å². The van der Waals surface area contributed by atoms with Gasteiger partial charge in [0.1, 0.15) is 0 Å². The summed E-state index contributed by atoms with van der Waals surface area (Å²) in [6.45, 7) is 4.00. The van der Waals surface area contributed by atoms with Gasteiger partial charge in [-0.1, -0.05) is 41.6 Å². The number of carbonyl (C=O) groups excluding carboxylic acids is 1. The molecule has 0 aliphatic carbocycles. The first-order chi connectivity index (χ1) is 16.8. The highest BCUT2D eigenvalue weighted by Crippen LogP contribution is 2.32. The summed E-state index contributed by atoms with van der Waals surface area (Å²) in [6, 6.07) is 16.8. The van der Waals surface area contributed by atoms with Crippen molar-refractivity contribution in [2.24, 2.45) is 5.16 Å². The van der Waals surface area contributed by atoms with E-state index in [1.165, 1.54) is 6.20 Å². The number of carboxylic acids is 1. The second-order valence-electron chi connectivity index (χ2n) is 8.44. The third-order valence-electron chi connectivity index (χ3n) is 5.93. The summed E-state index contributed by atoms with van der Waals surface area (Å²) < 4.78 is 0. The summed E-state index contributed by atoms with van der Waals surface area (Å²) in [5.41, 5.74) is 4.92. The fraction of sp³-hybridized carbons (Fsp3) is 0.259.